The lowest BCUT2D eigenvalue weighted by Gasteiger charge is -2.28. The van der Waals surface area contributed by atoms with E-state index in [0.717, 1.165) is 66.4 Å². The summed E-state index contributed by atoms with van der Waals surface area (Å²) < 4.78 is 12.5. The van der Waals surface area contributed by atoms with Gasteiger partial charge in [0.2, 0.25) is 0 Å². The Kier molecular flexibility index (Phi) is 10.6. The summed E-state index contributed by atoms with van der Waals surface area (Å²) in [6.07, 6.45) is 4.56. The Labute approximate surface area is 203 Å². The number of hydrogen-bond donors (Lipinski definition) is 1. The number of benzene rings is 3. The van der Waals surface area contributed by atoms with E-state index in [4.69, 9.17) is 14.6 Å². The number of nitrogens with zero attached hydrogens (tertiary/aromatic N) is 1. The van der Waals surface area contributed by atoms with E-state index < -0.39 is 0 Å². The first-order valence-corrected chi connectivity index (χ1v) is 12.8. The predicted octanol–water partition coefficient (Wildman–Crippen LogP) is 7.57. The van der Waals surface area contributed by atoms with Gasteiger partial charge in [-0.2, -0.15) is 0 Å². The molecule has 0 saturated carbocycles. The summed E-state index contributed by atoms with van der Waals surface area (Å²) in [5, 5.41) is 6.14. The van der Waals surface area contributed by atoms with E-state index >= 15 is 0 Å². The van der Waals surface area contributed by atoms with Gasteiger partial charge in [0, 0.05) is 13.1 Å². The van der Waals surface area contributed by atoms with Crippen molar-refractivity contribution < 1.29 is 9.47 Å². The standard InChI is InChI=1S/C28H36N2O2S/c1-3-5-17-30(18-6-4-2)26-19-24(22-31-21-23-13-9-7-10-14-23)20-27(33-29)28(26)32-25-15-11-8-12-16-25/h7-16,19-20H,3-6,17-18,21-22,29H2,1-2H3. The van der Waals surface area contributed by atoms with Gasteiger partial charge in [-0.15, -0.1) is 0 Å². The minimum Gasteiger partial charge on any atom is -0.454 e. The smallest absolute Gasteiger partial charge is 0.165 e. The third kappa shape index (κ3) is 7.81. The number of anilines is 1. The topological polar surface area (TPSA) is 47.7 Å². The zero-order chi connectivity index (χ0) is 23.3. The number of para-hydroxylation sites is 1. The van der Waals surface area contributed by atoms with Crippen LogP contribution in [0.3, 0.4) is 0 Å². The fraction of sp³-hybridized carbons (Fsp3) is 0.357. The Hall–Kier alpha value is -2.47. The van der Waals surface area contributed by atoms with Crippen LogP contribution >= 0.6 is 11.9 Å². The fourth-order valence-corrected chi connectivity index (χ4v) is 4.14. The monoisotopic (exact) mass is 464 g/mol. The minimum absolute atomic E-state index is 0.524. The summed E-state index contributed by atoms with van der Waals surface area (Å²) in [5.41, 5.74) is 3.37. The lowest BCUT2D eigenvalue weighted by molar-refractivity contribution is 0.107. The van der Waals surface area contributed by atoms with Crippen LogP contribution in [0.4, 0.5) is 5.69 Å². The van der Waals surface area contributed by atoms with Crippen molar-refractivity contribution in [3.63, 3.8) is 0 Å². The summed E-state index contributed by atoms with van der Waals surface area (Å²) in [6.45, 7) is 7.55. The van der Waals surface area contributed by atoms with Gasteiger partial charge in [0.25, 0.3) is 0 Å². The van der Waals surface area contributed by atoms with E-state index in [1.807, 2.05) is 48.5 Å². The molecule has 2 N–H and O–H groups in total. The average Bonchev–Trinajstić information content (AvgIpc) is 2.86. The first-order valence-electron chi connectivity index (χ1n) is 11.9. The van der Waals surface area contributed by atoms with Crippen molar-refractivity contribution in [2.24, 2.45) is 5.14 Å². The SMILES string of the molecule is CCCCN(CCCC)c1cc(COCc2ccccc2)cc(SN)c1Oc1ccccc1. The summed E-state index contributed by atoms with van der Waals surface area (Å²) in [4.78, 5) is 3.37. The Morgan fingerprint density at radius 1 is 0.788 bits per heavy atom. The van der Waals surface area contributed by atoms with Gasteiger partial charge in [0.05, 0.1) is 23.8 Å². The molecule has 176 valence electrons. The van der Waals surface area contributed by atoms with E-state index in [-0.39, 0.29) is 0 Å². The molecular weight excluding hydrogens is 428 g/mol. The van der Waals surface area contributed by atoms with Crippen molar-refractivity contribution in [1.29, 1.82) is 0 Å². The molecule has 3 rings (SSSR count). The quantitative estimate of drug-likeness (QED) is 0.249. The summed E-state index contributed by atoms with van der Waals surface area (Å²) in [5.74, 6) is 1.64. The molecule has 0 radical (unpaired) electrons. The lowest BCUT2D eigenvalue weighted by atomic mass is 10.1. The van der Waals surface area contributed by atoms with E-state index in [2.05, 4.69) is 43.0 Å². The van der Waals surface area contributed by atoms with Crippen molar-refractivity contribution in [3.05, 3.63) is 83.9 Å². The number of nitrogens with two attached hydrogens (primary N) is 1. The number of unbranched alkanes of at least 4 members (excludes halogenated alkanes) is 2. The molecule has 0 aliphatic carbocycles. The van der Waals surface area contributed by atoms with Gasteiger partial charge in [-0.05, 0) is 60.2 Å². The first-order chi connectivity index (χ1) is 16.2. The van der Waals surface area contributed by atoms with Gasteiger partial charge in [-0.25, -0.2) is 0 Å². The van der Waals surface area contributed by atoms with Crippen LogP contribution in [-0.2, 0) is 18.0 Å². The van der Waals surface area contributed by atoms with Gasteiger partial charge < -0.3 is 14.4 Å². The van der Waals surface area contributed by atoms with Crippen LogP contribution in [-0.4, -0.2) is 13.1 Å². The zero-order valence-electron chi connectivity index (χ0n) is 19.8. The second kappa shape index (κ2) is 13.9. The molecule has 0 aromatic heterocycles. The third-order valence-corrected chi connectivity index (χ3v) is 6.03. The van der Waals surface area contributed by atoms with E-state index in [0.29, 0.717) is 13.2 Å². The van der Waals surface area contributed by atoms with Crippen molar-refractivity contribution in [3.8, 4) is 11.5 Å². The molecule has 0 bridgehead atoms. The Balaban J connectivity index is 1.91. The molecule has 0 atom stereocenters. The second-order valence-electron chi connectivity index (χ2n) is 8.15. The molecule has 0 fully saturated rings. The van der Waals surface area contributed by atoms with Gasteiger partial charge >= 0.3 is 0 Å². The largest absolute Gasteiger partial charge is 0.454 e. The van der Waals surface area contributed by atoms with Crippen LogP contribution in [0.1, 0.15) is 50.7 Å². The van der Waals surface area contributed by atoms with E-state index in [1.165, 1.54) is 17.5 Å². The summed E-state index contributed by atoms with van der Waals surface area (Å²) >= 11 is 1.23. The molecule has 3 aromatic carbocycles. The van der Waals surface area contributed by atoms with Gasteiger partial charge in [-0.1, -0.05) is 75.2 Å². The fourth-order valence-electron chi connectivity index (χ4n) is 3.67. The first kappa shape index (κ1) is 25.2. The van der Waals surface area contributed by atoms with E-state index in [9.17, 15) is 0 Å². The van der Waals surface area contributed by atoms with Crippen molar-refractivity contribution in [2.45, 2.75) is 57.6 Å². The molecule has 0 heterocycles. The van der Waals surface area contributed by atoms with Crippen LogP contribution < -0.4 is 14.8 Å². The van der Waals surface area contributed by atoms with Gasteiger partial charge in [0.1, 0.15) is 5.75 Å². The molecule has 5 heteroatoms. The number of ether oxygens (including phenoxy) is 2. The van der Waals surface area contributed by atoms with Crippen LogP contribution in [0.5, 0.6) is 11.5 Å². The van der Waals surface area contributed by atoms with Crippen molar-refractivity contribution >= 4 is 17.6 Å². The molecule has 33 heavy (non-hydrogen) atoms. The average molecular weight is 465 g/mol. The lowest BCUT2D eigenvalue weighted by Crippen LogP contribution is -2.26. The highest BCUT2D eigenvalue weighted by Crippen LogP contribution is 2.41. The summed E-state index contributed by atoms with van der Waals surface area (Å²) in [6, 6.07) is 24.5. The third-order valence-electron chi connectivity index (χ3n) is 5.47. The number of rotatable bonds is 14. The normalized spacial score (nSPS) is 10.9. The van der Waals surface area contributed by atoms with E-state index in [1.54, 1.807) is 0 Å². The Morgan fingerprint density at radius 2 is 1.39 bits per heavy atom. The predicted molar refractivity (Wildman–Crippen MR) is 140 cm³/mol. The minimum atomic E-state index is 0.524. The highest BCUT2D eigenvalue weighted by molar-refractivity contribution is 7.97. The molecule has 0 spiro atoms. The zero-order valence-corrected chi connectivity index (χ0v) is 20.7. The van der Waals surface area contributed by atoms with Crippen LogP contribution in [0, 0.1) is 0 Å². The molecule has 0 aliphatic heterocycles. The Morgan fingerprint density at radius 3 is 2.00 bits per heavy atom. The Bertz CT molecular complexity index is 943. The highest BCUT2D eigenvalue weighted by Gasteiger charge is 2.19. The molecule has 3 aromatic rings. The van der Waals surface area contributed by atoms with Crippen LogP contribution in [0.25, 0.3) is 0 Å². The summed E-state index contributed by atoms with van der Waals surface area (Å²) in [7, 11) is 0. The second-order valence-corrected chi connectivity index (χ2v) is 8.82. The molecule has 0 amide bonds. The van der Waals surface area contributed by atoms with Crippen LogP contribution in [0.2, 0.25) is 0 Å². The van der Waals surface area contributed by atoms with Gasteiger partial charge in [0.15, 0.2) is 5.75 Å². The molecule has 4 nitrogen and oxygen atoms in total. The van der Waals surface area contributed by atoms with Crippen molar-refractivity contribution in [1.82, 2.24) is 0 Å². The van der Waals surface area contributed by atoms with Gasteiger partial charge in [-0.3, -0.25) is 5.14 Å². The maximum atomic E-state index is 6.42. The maximum absolute atomic E-state index is 6.42. The van der Waals surface area contributed by atoms with Crippen molar-refractivity contribution in [2.75, 3.05) is 18.0 Å². The molecule has 0 saturated heterocycles. The molecular formula is C28H36N2O2S. The molecule has 0 aliphatic rings. The highest BCUT2D eigenvalue weighted by atomic mass is 32.2. The van der Waals surface area contributed by atoms with Crippen LogP contribution in [0.15, 0.2) is 77.7 Å². The number of hydrogen-bond acceptors (Lipinski definition) is 5. The maximum Gasteiger partial charge on any atom is 0.165 e. The molecule has 0 unspecified atom stereocenters.